The van der Waals surface area contributed by atoms with E-state index in [1.54, 1.807) is 4.90 Å². The maximum Gasteiger partial charge on any atom is 0.317 e. The van der Waals surface area contributed by atoms with Gasteiger partial charge in [-0.1, -0.05) is 12.1 Å². The molecule has 1 aromatic carbocycles. The highest BCUT2D eigenvalue weighted by atomic mass is 19.1. The molecule has 0 aliphatic carbocycles. The molecule has 0 saturated carbocycles. The number of hydrogen-bond acceptors (Lipinski definition) is 3. The van der Waals surface area contributed by atoms with E-state index >= 15 is 0 Å². The second-order valence-corrected chi connectivity index (χ2v) is 5.67. The van der Waals surface area contributed by atoms with E-state index in [4.69, 9.17) is 5.11 Å². The molecule has 126 valence electrons. The molecular weight excluding hydrogens is 303 g/mol. The normalized spacial score (nSPS) is 18.7. The molecule has 2 amide bonds. The van der Waals surface area contributed by atoms with E-state index in [1.807, 2.05) is 0 Å². The molecular formula is C16H21FN2O4. The smallest absolute Gasteiger partial charge is 0.317 e. The van der Waals surface area contributed by atoms with Crippen molar-refractivity contribution in [3.05, 3.63) is 35.6 Å². The van der Waals surface area contributed by atoms with E-state index in [-0.39, 0.29) is 30.9 Å². The molecule has 1 fully saturated rings. The number of carbonyl (C=O) groups excluding carboxylic acids is 1. The topological polar surface area (TPSA) is 89.9 Å². The summed E-state index contributed by atoms with van der Waals surface area (Å²) >= 11 is 0. The van der Waals surface area contributed by atoms with Crippen LogP contribution >= 0.6 is 0 Å². The maximum absolute atomic E-state index is 12.9. The molecule has 1 aliphatic heterocycles. The van der Waals surface area contributed by atoms with Gasteiger partial charge in [0.05, 0.1) is 12.5 Å². The first-order valence-electron chi connectivity index (χ1n) is 7.67. The summed E-state index contributed by atoms with van der Waals surface area (Å²) in [5.41, 5.74) is 0.615. The first-order chi connectivity index (χ1) is 11.0. The molecule has 3 N–H and O–H groups in total. The van der Waals surface area contributed by atoms with Crippen LogP contribution in [0.15, 0.2) is 24.3 Å². The van der Waals surface area contributed by atoms with Crippen molar-refractivity contribution in [2.75, 3.05) is 13.1 Å². The summed E-state index contributed by atoms with van der Waals surface area (Å²) in [5, 5.41) is 21.4. The summed E-state index contributed by atoms with van der Waals surface area (Å²) in [4.78, 5) is 24.2. The van der Waals surface area contributed by atoms with Crippen LogP contribution in [-0.4, -0.2) is 46.2 Å². The van der Waals surface area contributed by atoms with Crippen LogP contribution in [0.4, 0.5) is 9.18 Å². The number of nitrogens with zero attached hydrogens (tertiary/aromatic N) is 1. The number of aliphatic carboxylic acids is 1. The van der Waals surface area contributed by atoms with Gasteiger partial charge < -0.3 is 20.4 Å². The SMILES string of the molecule is O=C(O)CCNC(=O)N1CCCC1CC(O)c1ccc(F)cc1. The fourth-order valence-electron chi connectivity index (χ4n) is 2.80. The molecule has 1 aliphatic rings. The second kappa shape index (κ2) is 7.92. The Morgan fingerprint density at radius 3 is 2.70 bits per heavy atom. The van der Waals surface area contributed by atoms with Gasteiger partial charge in [-0.2, -0.15) is 0 Å². The minimum atomic E-state index is -0.963. The van der Waals surface area contributed by atoms with Gasteiger partial charge in [0.2, 0.25) is 0 Å². The number of urea groups is 1. The third-order valence-corrected chi connectivity index (χ3v) is 4.00. The van der Waals surface area contributed by atoms with E-state index in [0.29, 0.717) is 18.5 Å². The Labute approximate surface area is 133 Å². The summed E-state index contributed by atoms with van der Waals surface area (Å²) in [7, 11) is 0. The minimum absolute atomic E-state index is 0.0813. The van der Waals surface area contributed by atoms with Crippen molar-refractivity contribution < 1.29 is 24.2 Å². The van der Waals surface area contributed by atoms with Crippen molar-refractivity contribution in [1.29, 1.82) is 0 Å². The van der Waals surface area contributed by atoms with E-state index < -0.39 is 12.1 Å². The number of amides is 2. The maximum atomic E-state index is 12.9. The fraction of sp³-hybridized carbons (Fsp3) is 0.500. The number of halogens is 1. The van der Waals surface area contributed by atoms with Gasteiger partial charge in [-0.05, 0) is 37.0 Å². The molecule has 23 heavy (non-hydrogen) atoms. The Hall–Kier alpha value is -2.15. The highest BCUT2D eigenvalue weighted by molar-refractivity contribution is 5.75. The minimum Gasteiger partial charge on any atom is -0.481 e. The number of rotatable bonds is 6. The lowest BCUT2D eigenvalue weighted by Gasteiger charge is -2.27. The lowest BCUT2D eigenvalue weighted by Crippen LogP contribution is -2.43. The van der Waals surface area contributed by atoms with Gasteiger partial charge in [-0.3, -0.25) is 4.79 Å². The lowest BCUT2D eigenvalue weighted by atomic mass is 10.0. The number of benzene rings is 1. The zero-order valence-electron chi connectivity index (χ0n) is 12.7. The predicted molar refractivity (Wildman–Crippen MR) is 81.4 cm³/mol. The molecule has 0 bridgehead atoms. The van der Waals surface area contributed by atoms with Crippen LogP contribution in [0.5, 0.6) is 0 Å². The van der Waals surface area contributed by atoms with E-state index in [2.05, 4.69) is 5.32 Å². The molecule has 2 rings (SSSR count). The quantitative estimate of drug-likeness (QED) is 0.745. The Morgan fingerprint density at radius 1 is 1.35 bits per heavy atom. The molecule has 7 heteroatoms. The predicted octanol–water partition coefficient (Wildman–Crippen LogP) is 1.90. The largest absolute Gasteiger partial charge is 0.481 e. The Morgan fingerprint density at radius 2 is 2.04 bits per heavy atom. The van der Waals surface area contributed by atoms with Gasteiger partial charge in [0.1, 0.15) is 5.82 Å². The standard InChI is InChI=1S/C16H21FN2O4/c17-12-5-3-11(4-6-12)14(20)10-13-2-1-9-19(13)16(23)18-8-7-15(21)22/h3-6,13-14,20H,1-2,7-10H2,(H,18,23)(H,21,22). The number of aliphatic hydroxyl groups is 1. The van der Waals surface area contributed by atoms with Crippen LogP contribution in [0.3, 0.4) is 0 Å². The highest BCUT2D eigenvalue weighted by Gasteiger charge is 2.30. The average Bonchev–Trinajstić information content (AvgIpc) is 2.95. The first-order valence-corrected chi connectivity index (χ1v) is 7.67. The van der Waals surface area contributed by atoms with Gasteiger partial charge in [0, 0.05) is 19.1 Å². The molecule has 0 radical (unpaired) electrons. The van der Waals surface area contributed by atoms with Gasteiger partial charge in [0.15, 0.2) is 0 Å². The van der Waals surface area contributed by atoms with Crippen molar-refractivity contribution in [3.63, 3.8) is 0 Å². The van der Waals surface area contributed by atoms with Gasteiger partial charge in [0.25, 0.3) is 0 Å². The second-order valence-electron chi connectivity index (χ2n) is 5.67. The Kier molecular flexibility index (Phi) is 5.92. The van der Waals surface area contributed by atoms with Crippen molar-refractivity contribution in [1.82, 2.24) is 10.2 Å². The number of nitrogens with one attached hydrogen (secondary N) is 1. The molecule has 1 aromatic rings. The van der Waals surface area contributed by atoms with E-state index in [0.717, 1.165) is 12.8 Å². The van der Waals surface area contributed by atoms with Crippen LogP contribution in [0, 0.1) is 5.82 Å². The zero-order valence-corrected chi connectivity index (χ0v) is 12.7. The third kappa shape index (κ3) is 4.92. The fourth-order valence-corrected chi connectivity index (χ4v) is 2.80. The van der Waals surface area contributed by atoms with Crippen LogP contribution in [0.1, 0.15) is 37.4 Å². The van der Waals surface area contributed by atoms with Crippen molar-refractivity contribution in [3.8, 4) is 0 Å². The number of carbonyl (C=O) groups is 2. The van der Waals surface area contributed by atoms with Gasteiger partial charge in [-0.15, -0.1) is 0 Å². The summed E-state index contributed by atoms with van der Waals surface area (Å²) < 4.78 is 12.9. The molecule has 0 spiro atoms. The summed E-state index contributed by atoms with van der Waals surface area (Å²) in [6.07, 6.45) is 1.10. The Balaban J connectivity index is 1.89. The third-order valence-electron chi connectivity index (χ3n) is 4.00. The van der Waals surface area contributed by atoms with Crippen molar-refractivity contribution in [2.24, 2.45) is 0 Å². The van der Waals surface area contributed by atoms with Gasteiger partial charge >= 0.3 is 12.0 Å². The summed E-state index contributed by atoms with van der Waals surface area (Å²) in [6.45, 7) is 0.664. The lowest BCUT2D eigenvalue weighted by molar-refractivity contribution is -0.136. The first kappa shape index (κ1) is 17.2. The van der Waals surface area contributed by atoms with Crippen molar-refractivity contribution in [2.45, 2.75) is 37.8 Å². The molecule has 0 aromatic heterocycles. The molecule has 1 saturated heterocycles. The average molecular weight is 324 g/mol. The van der Waals surface area contributed by atoms with E-state index in [9.17, 15) is 19.1 Å². The number of aliphatic hydroxyl groups excluding tert-OH is 1. The highest BCUT2D eigenvalue weighted by Crippen LogP contribution is 2.27. The monoisotopic (exact) mass is 324 g/mol. The Bertz CT molecular complexity index is 550. The molecule has 2 unspecified atom stereocenters. The number of carboxylic acid groups (broad SMARTS) is 1. The number of likely N-dealkylation sites (tertiary alicyclic amines) is 1. The zero-order chi connectivity index (χ0) is 16.8. The van der Waals surface area contributed by atoms with E-state index in [1.165, 1.54) is 24.3 Å². The molecule has 6 nitrogen and oxygen atoms in total. The summed E-state index contributed by atoms with van der Waals surface area (Å²) in [6, 6.07) is 5.24. The van der Waals surface area contributed by atoms with Crippen molar-refractivity contribution >= 4 is 12.0 Å². The van der Waals surface area contributed by atoms with Crippen LogP contribution in [-0.2, 0) is 4.79 Å². The molecule has 2 atom stereocenters. The number of carboxylic acids is 1. The number of hydrogen-bond donors (Lipinski definition) is 3. The van der Waals surface area contributed by atoms with Gasteiger partial charge in [-0.25, -0.2) is 9.18 Å². The summed E-state index contributed by atoms with van der Waals surface area (Å²) in [5.74, 6) is -1.32. The van der Waals surface area contributed by atoms with Crippen LogP contribution < -0.4 is 5.32 Å². The van der Waals surface area contributed by atoms with Crippen LogP contribution in [0.25, 0.3) is 0 Å². The van der Waals surface area contributed by atoms with Crippen LogP contribution in [0.2, 0.25) is 0 Å². The molecule has 1 heterocycles.